The molecule has 0 bridgehead atoms. The normalized spacial score (nSPS) is 10.3. The molecule has 0 fully saturated rings. The fourth-order valence-corrected chi connectivity index (χ4v) is 2.34. The van der Waals surface area contributed by atoms with Gasteiger partial charge in [0.15, 0.2) is 0 Å². The lowest BCUT2D eigenvalue weighted by atomic mass is 10.1. The van der Waals surface area contributed by atoms with E-state index in [9.17, 15) is 4.79 Å². The van der Waals surface area contributed by atoms with Crippen LogP contribution in [0.15, 0.2) is 48.5 Å². The van der Waals surface area contributed by atoms with Gasteiger partial charge in [0.1, 0.15) is 0 Å². The van der Waals surface area contributed by atoms with Crippen molar-refractivity contribution >= 4 is 23.2 Å². The van der Waals surface area contributed by atoms with Gasteiger partial charge >= 0.3 is 0 Å². The van der Waals surface area contributed by atoms with Crippen molar-refractivity contribution in [1.82, 2.24) is 5.32 Å². The van der Waals surface area contributed by atoms with Crippen LogP contribution in [0.5, 0.6) is 0 Å². The predicted octanol–water partition coefficient (Wildman–Crippen LogP) is 3.26. The van der Waals surface area contributed by atoms with Gasteiger partial charge in [-0.1, -0.05) is 35.9 Å². The van der Waals surface area contributed by atoms with Crippen molar-refractivity contribution in [2.24, 2.45) is 0 Å². The molecule has 2 aromatic carbocycles. The molecular formula is C18H21ClN2O2. The number of ether oxygens (including phenoxy) is 1. The number of carbonyl (C=O) groups excluding carboxylic acids is 1. The standard InChI is InChI=1S/C18H21ClN2O2/c1-23-10-9-20-18(22)12-14-5-7-17(8-6-14)21-13-15-3-2-4-16(19)11-15/h2-8,11,21H,9-10,12-13H2,1H3,(H,20,22). The molecule has 2 N–H and O–H groups in total. The second-order valence-electron chi connectivity index (χ2n) is 5.20. The smallest absolute Gasteiger partial charge is 0.224 e. The van der Waals surface area contributed by atoms with E-state index in [1.165, 1.54) is 0 Å². The molecule has 4 nitrogen and oxygen atoms in total. The van der Waals surface area contributed by atoms with E-state index in [0.717, 1.165) is 21.8 Å². The third-order valence-corrected chi connectivity index (χ3v) is 3.57. The first-order valence-corrected chi connectivity index (χ1v) is 7.88. The molecule has 2 aromatic rings. The first-order valence-electron chi connectivity index (χ1n) is 7.50. The SMILES string of the molecule is COCCNC(=O)Cc1ccc(NCc2cccc(Cl)c2)cc1. The summed E-state index contributed by atoms with van der Waals surface area (Å²) in [6, 6.07) is 15.6. The maximum Gasteiger partial charge on any atom is 0.224 e. The zero-order chi connectivity index (χ0) is 16.5. The molecule has 1 amide bonds. The topological polar surface area (TPSA) is 50.4 Å². The molecule has 23 heavy (non-hydrogen) atoms. The Balaban J connectivity index is 1.81. The van der Waals surface area contributed by atoms with E-state index in [1.807, 2.05) is 48.5 Å². The van der Waals surface area contributed by atoms with Crippen molar-refractivity contribution in [3.05, 3.63) is 64.7 Å². The van der Waals surface area contributed by atoms with E-state index in [4.69, 9.17) is 16.3 Å². The third kappa shape index (κ3) is 6.30. The van der Waals surface area contributed by atoms with Crippen molar-refractivity contribution in [3.8, 4) is 0 Å². The number of methoxy groups -OCH3 is 1. The van der Waals surface area contributed by atoms with E-state index >= 15 is 0 Å². The molecule has 0 unspecified atom stereocenters. The van der Waals surface area contributed by atoms with Gasteiger partial charge in [0, 0.05) is 30.9 Å². The maximum atomic E-state index is 11.7. The van der Waals surface area contributed by atoms with Gasteiger partial charge in [-0.25, -0.2) is 0 Å². The second-order valence-corrected chi connectivity index (χ2v) is 5.64. The molecule has 0 radical (unpaired) electrons. The molecule has 0 atom stereocenters. The molecule has 2 rings (SSSR count). The van der Waals surface area contributed by atoms with E-state index in [-0.39, 0.29) is 5.91 Å². The quantitative estimate of drug-likeness (QED) is 0.729. The first kappa shape index (κ1) is 17.3. The summed E-state index contributed by atoms with van der Waals surface area (Å²) in [6.45, 7) is 1.77. The van der Waals surface area contributed by atoms with Gasteiger partial charge in [-0.3, -0.25) is 4.79 Å². The van der Waals surface area contributed by atoms with Gasteiger partial charge in [0.05, 0.1) is 13.0 Å². The number of halogens is 1. The van der Waals surface area contributed by atoms with Crippen LogP contribution in [0, 0.1) is 0 Å². The molecule has 0 heterocycles. The molecule has 0 saturated carbocycles. The highest BCUT2D eigenvalue weighted by atomic mass is 35.5. The Labute approximate surface area is 141 Å². The predicted molar refractivity (Wildman–Crippen MR) is 93.8 cm³/mol. The molecule has 122 valence electrons. The number of benzene rings is 2. The largest absolute Gasteiger partial charge is 0.383 e. The van der Waals surface area contributed by atoms with Crippen LogP contribution < -0.4 is 10.6 Å². The average Bonchev–Trinajstić information content (AvgIpc) is 2.54. The van der Waals surface area contributed by atoms with Crippen molar-refractivity contribution in [2.75, 3.05) is 25.6 Å². The summed E-state index contributed by atoms with van der Waals surface area (Å²) >= 11 is 5.97. The average molecular weight is 333 g/mol. The van der Waals surface area contributed by atoms with E-state index in [1.54, 1.807) is 7.11 Å². The van der Waals surface area contributed by atoms with E-state index in [0.29, 0.717) is 26.1 Å². The Morgan fingerprint density at radius 2 is 1.91 bits per heavy atom. The Bertz CT molecular complexity index is 629. The fourth-order valence-electron chi connectivity index (χ4n) is 2.13. The molecular weight excluding hydrogens is 312 g/mol. The van der Waals surface area contributed by atoms with Crippen LogP contribution in [0.1, 0.15) is 11.1 Å². The van der Waals surface area contributed by atoms with Crippen LogP contribution in [0.25, 0.3) is 0 Å². The lowest BCUT2D eigenvalue weighted by molar-refractivity contribution is -0.120. The van der Waals surface area contributed by atoms with Crippen LogP contribution in [0.2, 0.25) is 5.02 Å². The monoisotopic (exact) mass is 332 g/mol. The Morgan fingerprint density at radius 1 is 1.13 bits per heavy atom. The molecule has 0 aromatic heterocycles. The number of nitrogens with one attached hydrogen (secondary N) is 2. The van der Waals surface area contributed by atoms with Crippen molar-refractivity contribution < 1.29 is 9.53 Å². The summed E-state index contributed by atoms with van der Waals surface area (Å²) in [5.74, 6) is 0.00156. The summed E-state index contributed by atoms with van der Waals surface area (Å²) in [7, 11) is 1.61. The minimum atomic E-state index is 0.00156. The molecule has 0 spiro atoms. The van der Waals surface area contributed by atoms with Gasteiger partial charge in [-0.15, -0.1) is 0 Å². The number of anilines is 1. The fraction of sp³-hybridized carbons (Fsp3) is 0.278. The highest BCUT2D eigenvalue weighted by molar-refractivity contribution is 6.30. The van der Waals surface area contributed by atoms with E-state index in [2.05, 4.69) is 10.6 Å². The zero-order valence-corrected chi connectivity index (χ0v) is 13.9. The molecule has 0 aliphatic carbocycles. The number of amides is 1. The van der Waals surface area contributed by atoms with Gasteiger partial charge < -0.3 is 15.4 Å². The number of carbonyl (C=O) groups is 1. The van der Waals surface area contributed by atoms with Gasteiger partial charge in [0.25, 0.3) is 0 Å². The number of hydrogen-bond donors (Lipinski definition) is 2. The lowest BCUT2D eigenvalue weighted by Gasteiger charge is -2.08. The summed E-state index contributed by atoms with van der Waals surface area (Å²) in [4.78, 5) is 11.7. The maximum absolute atomic E-state index is 11.7. The van der Waals surface area contributed by atoms with E-state index < -0.39 is 0 Å². The van der Waals surface area contributed by atoms with Crippen LogP contribution in [-0.4, -0.2) is 26.2 Å². The van der Waals surface area contributed by atoms with Gasteiger partial charge in [0.2, 0.25) is 5.91 Å². The molecule has 0 aliphatic heterocycles. The minimum absolute atomic E-state index is 0.00156. The Hall–Kier alpha value is -2.04. The first-order chi connectivity index (χ1) is 11.2. The summed E-state index contributed by atoms with van der Waals surface area (Å²) in [6.07, 6.45) is 0.373. The Morgan fingerprint density at radius 3 is 2.61 bits per heavy atom. The number of rotatable bonds is 8. The van der Waals surface area contributed by atoms with Crippen molar-refractivity contribution in [3.63, 3.8) is 0 Å². The second kappa shape index (κ2) is 9.18. The van der Waals surface area contributed by atoms with Crippen LogP contribution >= 0.6 is 11.6 Å². The number of hydrogen-bond acceptors (Lipinski definition) is 3. The van der Waals surface area contributed by atoms with Gasteiger partial charge in [-0.2, -0.15) is 0 Å². The van der Waals surface area contributed by atoms with Crippen LogP contribution in [-0.2, 0) is 22.5 Å². The molecule has 5 heteroatoms. The van der Waals surface area contributed by atoms with Crippen molar-refractivity contribution in [1.29, 1.82) is 0 Å². The highest BCUT2D eigenvalue weighted by Crippen LogP contribution is 2.14. The Kier molecular flexibility index (Phi) is 6.91. The lowest BCUT2D eigenvalue weighted by Crippen LogP contribution is -2.28. The zero-order valence-electron chi connectivity index (χ0n) is 13.1. The molecule has 0 aliphatic rings. The third-order valence-electron chi connectivity index (χ3n) is 3.33. The highest BCUT2D eigenvalue weighted by Gasteiger charge is 2.03. The molecule has 0 saturated heterocycles. The van der Waals surface area contributed by atoms with Gasteiger partial charge in [-0.05, 0) is 35.4 Å². The minimum Gasteiger partial charge on any atom is -0.383 e. The van der Waals surface area contributed by atoms with Crippen molar-refractivity contribution in [2.45, 2.75) is 13.0 Å². The summed E-state index contributed by atoms with van der Waals surface area (Å²) in [5, 5.41) is 6.88. The summed E-state index contributed by atoms with van der Waals surface area (Å²) < 4.78 is 4.90. The summed E-state index contributed by atoms with van der Waals surface area (Å²) in [5.41, 5.74) is 3.11. The van der Waals surface area contributed by atoms with Crippen LogP contribution in [0.4, 0.5) is 5.69 Å². The van der Waals surface area contributed by atoms with Crippen LogP contribution in [0.3, 0.4) is 0 Å².